The van der Waals surface area contributed by atoms with Crippen LogP contribution in [0, 0.1) is 0 Å². The summed E-state index contributed by atoms with van der Waals surface area (Å²) in [6, 6.07) is 14.0. The highest BCUT2D eigenvalue weighted by molar-refractivity contribution is 5.79. The molecule has 3 N–H and O–H groups in total. The number of anilines is 4. The van der Waals surface area contributed by atoms with Gasteiger partial charge in [-0.05, 0) is 29.8 Å². The van der Waals surface area contributed by atoms with Crippen molar-refractivity contribution in [3.8, 4) is 0 Å². The molecule has 0 fully saturated rings. The topological polar surface area (TPSA) is 87.7 Å². The minimum Gasteiger partial charge on any atom is -0.373 e. The Balaban J connectivity index is 1.45. The lowest BCUT2D eigenvalue weighted by Crippen LogP contribution is -2.04. The summed E-state index contributed by atoms with van der Waals surface area (Å²) in [4.78, 5) is 17.4. The second kappa shape index (κ2) is 7.65. The van der Waals surface area contributed by atoms with Gasteiger partial charge in [0.2, 0.25) is 0 Å². The van der Waals surface area contributed by atoms with E-state index in [1.165, 1.54) is 0 Å². The van der Waals surface area contributed by atoms with Crippen molar-refractivity contribution in [3.05, 3.63) is 72.8 Å². The zero-order valence-corrected chi connectivity index (χ0v) is 14.8. The highest BCUT2D eigenvalue weighted by Gasteiger charge is 2.02. The zero-order chi connectivity index (χ0) is 18.5. The van der Waals surface area contributed by atoms with Crippen LogP contribution in [-0.2, 0) is 6.54 Å². The summed E-state index contributed by atoms with van der Waals surface area (Å²) in [5.74, 6) is 2.15. The molecule has 4 rings (SSSR count). The lowest BCUT2D eigenvalue weighted by Gasteiger charge is -2.10. The number of pyridine rings is 2. The first-order chi connectivity index (χ1) is 13.3. The highest BCUT2D eigenvalue weighted by atomic mass is 15.1. The van der Waals surface area contributed by atoms with Crippen LogP contribution in [-0.4, -0.2) is 27.0 Å². The maximum Gasteiger partial charge on any atom is 0.151 e. The van der Waals surface area contributed by atoms with Crippen molar-refractivity contribution in [1.82, 2.24) is 19.9 Å². The predicted molar refractivity (Wildman–Crippen MR) is 108 cm³/mol. The van der Waals surface area contributed by atoms with E-state index in [1.54, 1.807) is 24.8 Å². The minimum atomic E-state index is 0.655. The quantitative estimate of drug-likeness (QED) is 0.483. The van der Waals surface area contributed by atoms with Crippen LogP contribution in [0.3, 0.4) is 0 Å². The van der Waals surface area contributed by atoms with E-state index >= 15 is 0 Å². The largest absolute Gasteiger partial charge is 0.373 e. The fourth-order valence-electron chi connectivity index (χ4n) is 2.73. The van der Waals surface area contributed by atoms with Gasteiger partial charge in [-0.3, -0.25) is 9.97 Å². The molecule has 3 heterocycles. The standard InChI is InChI=1S/C20H19N7/c1-21-18-10-16(6-8-24-18)26-20-13-22-12-19(27-20)25-11-14-4-5-17-15(9-14)3-2-7-23-17/h2-10,12-13H,11H2,1H3,(H3,21,24,25,26,27). The summed E-state index contributed by atoms with van der Waals surface area (Å²) < 4.78 is 0. The Bertz CT molecular complexity index is 1060. The summed E-state index contributed by atoms with van der Waals surface area (Å²) in [6.45, 7) is 0.655. The molecule has 134 valence electrons. The molecule has 27 heavy (non-hydrogen) atoms. The maximum atomic E-state index is 4.56. The van der Waals surface area contributed by atoms with Crippen molar-refractivity contribution in [2.24, 2.45) is 0 Å². The number of hydrogen-bond donors (Lipinski definition) is 3. The third-order valence-corrected chi connectivity index (χ3v) is 4.06. The van der Waals surface area contributed by atoms with E-state index in [1.807, 2.05) is 31.3 Å². The molecule has 0 spiro atoms. The van der Waals surface area contributed by atoms with Gasteiger partial charge >= 0.3 is 0 Å². The first-order valence-electron chi connectivity index (χ1n) is 8.60. The average molecular weight is 357 g/mol. The van der Waals surface area contributed by atoms with Gasteiger partial charge in [-0.1, -0.05) is 12.1 Å². The number of benzene rings is 1. The lowest BCUT2D eigenvalue weighted by molar-refractivity contribution is 1.09. The second-order valence-electron chi connectivity index (χ2n) is 5.98. The molecular weight excluding hydrogens is 338 g/mol. The summed E-state index contributed by atoms with van der Waals surface area (Å²) in [6.07, 6.45) is 6.93. The van der Waals surface area contributed by atoms with Crippen LogP contribution in [0.1, 0.15) is 5.56 Å². The van der Waals surface area contributed by atoms with E-state index < -0.39 is 0 Å². The molecule has 1 aromatic carbocycles. The number of nitrogens with zero attached hydrogens (tertiary/aromatic N) is 4. The third-order valence-electron chi connectivity index (χ3n) is 4.06. The molecule has 0 aliphatic carbocycles. The van der Waals surface area contributed by atoms with Gasteiger partial charge < -0.3 is 16.0 Å². The summed E-state index contributed by atoms with van der Waals surface area (Å²) in [5.41, 5.74) is 3.04. The first kappa shape index (κ1) is 16.7. The maximum absolute atomic E-state index is 4.56. The van der Waals surface area contributed by atoms with Gasteiger partial charge in [-0.25, -0.2) is 9.97 Å². The number of aromatic nitrogens is 4. The van der Waals surface area contributed by atoms with Crippen LogP contribution in [0.5, 0.6) is 0 Å². The number of rotatable bonds is 6. The van der Waals surface area contributed by atoms with Crippen molar-refractivity contribution in [2.45, 2.75) is 6.54 Å². The van der Waals surface area contributed by atoms with Gasteiger partial charge in [0.15, 0.2) is 5.82 Å². The Kier molecular flexibility index (Phi) is 4.74. The van der Waals surface area contributed by atoms with Crippen LogP contribution >= 0.6 is 0 Å². The number of fused-ring (bicyclic) bond motifs is 1. The van der Waals surface area contributed by atoms with Gasteiger partial charge in [0.05, 0.1) is 17.9 Å². The smallest absolute Gasteiger partial charge is 0.151 e. The Hall–Kier alpha value is -3.74. The predicted octanol–water partition coefficient (Wildman–Crippen LogP) is 3.82. The van der Waals surface area contributed by atoms with Gasteiger partial charge in [0.1, 0.15) is 11.6 Å². The van der Waals surface area contributed by atoms with Crippen LogP contribution < -0.4 is 16.0 Å². The van der Waals surface area contributed by atoms with Gasteiger partial charge in [-0.15, -0.1) is 0 Å². The van der Waals surface area contributed by atoms with Crippen LogP contribution in [0.15, 0.2) is 67.3 Å². The Morgan fingerprint density at radius 1 is 0.889 bits per heavy atom. The van der Waals surface area contributed by atoms with Crippen LogP contribution in [0.25, 0.3) is 10.9 Å². The zero-order valence-electron chi connectivity index (χ0n) is 14.8. The molecule has 0 aliphatic heterocycles. The Labute approximate surface area is 156 Å². The number of hydrogen-bond acceptors (Lipinski definition) is 7. The average Bonchev–Trinajstić information content (AvgIpc) is 2.72. The number of nitrogens with one attached hydrogen (secondary N) is 3. The molecule has 0 aliphatic rings. The SMILES string of the molecule is CNc1cc(Nc2cncc(NCc3ccc4ncccc4c3)n2)ccn1. The van der Waals surface area contributed by atoms with E-state index in [0.29, 0.717) is 18.2 Å². The molecule has 7 heteroatoms. The van der Waals surface area contributed by atoms with Crippen molar-refractivity contribution < 1.29 is 0 Å². The van der Waals surface area contributed by atoms with Crippen molar-refractivity contribution in [1.29, 1.82) is 0 Å². The normalized spacial score (nSPS) is 10.6. The molecule has 4 aromatic rings. The third kappa shape index (κ3) is 4.09. The summed E-state index contributed by atoms with van der Waals surface area (Å²) in [5, 5.41) is 10.7. The Morgan fingerprint density at radius 3 is 2.74 bits per heavy atom. The molecule has 7 nitrogen and oxygen atoms in total. The molecule has 0 amide bonds. The molecular formula is C20H19N7. The van der Waals surface area contributed by atoms with Crippen molar-refractivity contribution in [3.63, 3.8) is 0 Å². The van der Waals surface area contributed by atoms with E-state index in [-0.39, 0.29) is 0 Å². The van der Waals surface area contributed by atoms with Crippen LogP contribution in [0.4, 0.5) is 23.1 Å². The van der Waals surface area contributed by atoms with Crippen LogP contribution in [0.2, 0.25) is 0 Å². The highest BCUT2D eigenvalue weighted by Crippen LogP contribution is 2.18. The van der Waals surface area contributed by atoms with Crippen molar-refractivity contribution in [2.75, 3.05) is 23.0 Å². The fourth-order valence-corrected chi connectivity index (χ4v) is 2.73. The first-order valence-corrected chi connectivity index (χ1v) is 8.60. The lowest BCUT2D eigenvalue weighted by atomic mass is 10.1. The summed E-state index contributed by atoms with van der Waals surface area (Å²) in [7, 11) is 1.83. The monoisotopic (exact) mass is 357 g/mol. The summed E-state index contributed by atoms with van der Waals surface area (Å²) >= 11 is 0. The van der Waals surface area contributed by atoms with E-state index in [9.17, 15) is 0 Å². The van der Waals surface area contributed by atoms with Gasteiger partial charge in [0.25, 0.3) is 0 Å². The molecule has 0 unspecified atom stereocenters. The molecule has 0 atom stereocenters. The van der Waals surface area contributed by atoms with E-state index in [2.05, 4.69) is 54.1 Å². The molecule has 3 aromatic heterocycles. The minimum absolute atomic E-state index is 0.655. The van der Waals surface area contributed by atoms with E-state index in [4.69, 9.17) is 0 Å². The van der Waals surface area contributed by atoms with Gasteiger partial charge in [-0.2, -0.15) is 0 Å². The Morgan fingerprint density at radius 2 is 1.81 bits per heavy atom. The molecule has 0 saturated carbocycles. The van der Waals surface area contributed by atoms with Crippen molar-refractivity contribution >= 4 is 34.0 Å². The molecule has 0 radical (unpaired) electrons. The molecule has 0 saturated heterocycles. The second-order valence-corrected chi connectivity index (χ2v) is 5.98. The van der Waals surface area contributed by atoms with Gasteiger partial charge in [0, 0.05) is 43.1 Å². The fraction of sp³-hybridized carbons (Fsp3) is 0.100. The van der Waals surface area contributed by atoms with E-state index in [0.717, 1.165) is 28.0 Å². The molecule has 0 bridgehead atoms.